The predicted molar refractivity (Wildman–Crippen MR) is 89.5 cm³/mol. The maximum Gasteiger partial charge on any atom is 0.233 e. The van der Waals surface area contributed by atoms with Crippen LogP contribution in [0.2, 0.25) is 0 Å². The molecule has 0 N–H and O–H groups in total. The van der Waals surface area contributed by atoms with Gasteiger partial charge in [-0.15, -0.1) is 10.2 Å². The number of aromatic nitrogens is 2. The van der Waals surface area contributed by atoms with E-state index in [1.54, 1.807) is 19.4 Å². The first-order chi connectivity index (χ1) is 10.4. The van der Waals surface area contributed by atoms with E-state index in [-0.39, 0.29) is 4.75 Å². The van der Waals surface area contributed by atoms with E-state index in [2.05, 4.69) is 14.6 Å². The molecule has 2 aromatic rings. The first-order valence-electron chi connectivity index (χ1n) is 6.84. The van der Waals surface area contributed by atoms with Crippen molar-refractivity contribution in [3.8, 4) is 17.1 Å². The van der Waals surface area contributed by atoms with Crippen molar-refractivity contribution >= 4 is 17.6 Å². The molecular formula is C16H19N3O2S. The van der Waals surface area contributed by atoms with Gasteiger partial charge < -0.3 is 9.29 Å². The van der Waals surface area contributed by atoms with E-state index in [1.807, 2.05) is 51.1 Å². The molecule has 0 aliphatic carbocycles. The zero-order valence-electron chi connectivity index (χ0n) is 13.1. The van der Waals surface area contributed by atoms with Gasteiger partial charge in [0.15, 0.2) is 0 Å². The summed E-state index contributed by atoms with van der Waals surface area (Å²) in [5, 5.41) is 8.07. The highest BCUT2D eigenvalue weighted by Gasteiger charge is 2.25. The highest BCUT2D eigenvalue weighted by atomic mass is 32.2. The van der Waals surface area contributed by atoms with Gasteiger partial charge in [0.25, 0.3) is 0 Å². The second kappa shape index (κ2) is 6.89. The average molecular weight is 317 g/mol. The third-order valence-corrected chi connectivity index (χ3v) is 4.20. The van der Waals surface area contributed by atoms with E-state index in [0.717, 1.165) is 16.8 Å². The van der Waals surface area contributed by atoms with Gasteiger partial charge in [0.05, 0.1) is 19.0 Å². The second-order valence-electron chi connectivity index (χ2n) is 5.68. The summed E-state index contributed by atoms with van der Waals surface area (Å²) in [5.74, 6) is 0.474. The van der Waals surface area contributed by atoms with Crippen molar-refractivity contribution < 1.29 is 9.29 Å². The maximum absolute atomic E-state index is 11.9. The molecule has 0 radical (unpaired) electrons. The third-order valence-electron chi connectivity index (χ3n) is 2.85. The molecule has 1 atom stereocenters. The zero-order valence-corrected chi connectivity index (χ0v) is 13.9. The summed E-state index contributed by atoms with van der Waals surface area (Å²) in [6.07, 6.45) is 1.63. The zero-order chi connectivity index (χ0) is 16.2. The van der Waals surface area contributed by atoms with E-state index in [1.165, 1.54) is 0 Å². The largest absolute Gasteiger partial charge is 0.591 e. The SMILES string of the molecule is COc1ccc(-c2cccc(C=N[S+]([O-])C(C)(C)C)c2)nn1. The van der Waals surface area contributed by atoms with Gasteiger partial charge in [0.1, 0.15) is 16.1 Å². The molecule has 0 spiro atoms. The Kier molecular flexibility index (Phi) is 5.15. The van der Waals surface area contributed by atoms with Crippen LogP contribution in [-0.2, 0) is 11.4 Å². The molecule has 116 valence electrons. The summed E-state index contributed by atoms with van der Waals surface area (Å²) in [6.45, 7) is 5.68. The fraction of sp³-hybridized carbons (Fsp3) is 0.312. The minimum atomic E-state index is -1.27. The number of nitrogens with zero attached hydrogens (tertiary/aromatic N) is 3. The van der Waals surface area contributed by atoms with E-state index in [9.17, 15) is 4.55 Å². The molecule has 1 aromatic heterocycles. The fourth-order valence-electron chi connectivity index (χ4n) is 1.63. The van der Waals surface area contributed by atoms with Crippen LogP contribution in [0.5, 0.6) is 5.88 Å². The number of ether oxygens (including phenoxy) is 1. The Morgan fingerprint density at radius 3 is 2.55 bits per heavy atom. The molecule has 5 nitrogen and oxygen atoms in total. The van der Waals surface area contributed by atoms with Crippen molar-refractivity contribution in [3.05, 3.63) is 42.0 Å². The van der Waals surface area contributed by atoms with Gasteiger partial charge in [-0.05, 0) is 38.5 Å². The van der Waals surface area contributed by atoms with Crippen LogP contribution in [0.25, 0.3) is 11.3 Å². The third kappa shape index (κ3) is 4.29. The van der Waals surface area contributed by atoms with Gasteiger partial charge in [-0.2, -0.15) is 0 Å². The normalized spacial score (nSPS) is 13.3. The molecule has 0 aliphatic heterocycles. The van der Waals surface area contributed by atoms with Crippen molar-refractivity contribution in [3.63, 3.8) is 0 Å². The van der Waals surface area contributed by atoms with Crippen LogP contribution < -0.4 is 4.74 Å². The van der Waals surface area contributed by atoms with Crippen LogP contribution in [0.15, 0.2) is 40.8 Å². The molecule has 0 bridgehead atoms. The van der Waals surface area contributed by atoms with Crippen LogP contribution in [-0.4, -0.2) is 32.8 Å². The molecule has 0 saturated heterocycles. The molecule has 0 saturated carbocycles. The summed E-state index contributed by atoms with van der Waals surface area (Å²) in [4.78, 5) is 0. The lowest BCUT2D eigenvalue weighted by Gasteiger charge is -2.17. The highest BCUT2D eigenvalue weighted by molar-refractivity contribution is 7.91. The number of rotatable bonds is 4. The Balaban J connectivity index is 2.21. The van der Waals surface area contributed by atoms with Crippen molar-refractivity contribution in [2.75, 3.05) is 7.11 Å². The minimum Gasteiger partial charge on any atom is -0.591 e. The van der Waals surface area contributed by atoms with Crippen molar-refractivity contribution in [2.45, 2.75) is 25.5 Å². The van der Waals surface area contributed by atoms with Crippen molar-refractivity contribution in [1.82, 2.24) is 10.2 Å². The lowest BCUT2D eigenvalue weighted by Crippen LogP contribution is -2.25. The van der Waals surface area contributed by atoms with Gasteiger partial charge in [0, 0.05) is 11.6 Å². The molecular weight excluding hydrogens is 298 g/mol. The van der Waals surface area contributed by atoms with Crippen LogP contribution in [0.1, 0.15) is 26.3 Å². The summed E-state index contributed by atoms with van der Waals surface area (Å²) in [7, 11) is 1.55. The summed E-state index contributed by atoms with van der Waals surface area (Å²) in [5.41, 5.74) is 2.53. The smallest absolute Gasteiger partial charge is 0.233 e. The lowest BCUT2D eigenvalue weighted by atomic mass is 10.1. The molecule has 0 fully saturated rings. The van der Waals surface area contributed by atoms with Gasteiger partial charge in [-0.3, -0.25) is 0 Å². The fourth-order valence-corrected chi connectivity index (χ4v) is 2.16. The Morgan fingerprint density at radius 2 is 1.95 bits per heavy atom. The van der Waals surface area contributed by atoms with E-state index < -0.39 is 11.4 Å². The summed E-state index contributed by atoms with van der Waals surface area (Å²) >= 11 is -1.27. The Hall–Kier alpha value is -1.92. The van der Waals surface area contributed by atoms with Gasteiger partial charge in [0.2, 0.25) is 5.88 Å². The van der Waals surface area contributed by atoms with Gasteiger partial charge in [-0.1, -0.05) is 22.6 Å². The minimum absolute atomic E-state index is 0.366. The molecule has 1 aromatic carbocycles. The molecule has 0 amide bonds. The Bertz CT molecular complexity index is 651. The van der Waals surface area contributed by atoms with Crippen molar-refractivity contribution in [2.24, 2.45) is 4.40 Å². The Labute approximate surface area is 133 Å². The number of hydrogen-bond acceptors (Lipinski definition) is 5. The molecule has 0 aliphatic rings. The van der Waals surface area contributed by atoms with E-state index in [0.29, 0.717) is 5.88 Å². The second-order valence-corrected chi connectivity index (χ2v) is 7.62. The lowest BCUT2D eigenvalue weighted by molar-refractivity contribution is 0.392. The molecule has 6 heteroatoms. The van der Waals surface area contributed by atoms with Crippen LogP contribution in [0.4, 0.5) is 0 Å². The number of methoxy groups -OCH3 is 1. The summed E-state index contributed by atoms with van der Waals surface area (Å²) < 4.78 is 20.7. The van der Waals surface area contributed by atoms with E-state index >= 15 is 0 Å². The highest BCUT2D eigenvalue weighted by Crippen LogP contribution is 2.20. The Morgan fingerprint density at radius 1 is 1.18 bits per heavy atom. The molecule has 2 rings (SSSR count). The first kappa shape index (κ1) is 16.5. The standard InChI is InChI=1S/C16H19N3O2S/c1-16(2,3)22(20)17-11-12-6-5-7-13(10-12)14-8-9-15(21-4)19-18-14/h5-11H,1-4H3. The van der Waals surface area contributed by atoms with E-state index in [4.69, 9.17) is 4.74 Å². The van der Waals surface area contributed by atoms with Crippen molar-refractivity contribution in [1.29, 1.82) is 0 Å². The first-order valence-corrected chi connectivity index (χ1v) is 7.95. The number of hydrogen-bond donors (Lipinski definition) is 0. The number of benzene rings is 1. The predicted octanol–water partition coefficient (Wildman–Crippen LogP) is 3.03. The molecule has 22 heavy (non-hydrogen) atoms. The molecule has 1 heterocycles. The molecule has 1 unspecified atom stereocenters. The van der Waals surface area contributed by atoms with Crippen LogP contribution in [0, 0.1) is 0 Å². The van der Waals surface area contributed by atoms with Crippen LogP contribution in [0.3, 0.4) is 0 Å². The van der Waals surface area contributed by atoms with Gasteiger partial charge >= 0.3 is 0 Å². The summed E-state index contributed by atoms with van der Waals surface area (Å²) in [6, 6.07) is 11.3. The monoisotopic (exact) mass is 317 g/mol. The average Bonchev–Trinajstić information content (AvgIpc) is 2.52. The van der Waals surface area contributed by atoms with Crippen LogP contribution >= 0.6 is 0 Å². The topological polar surface area (TPSA) is 70.4 Å². The quantitative estimate of drug-likeness (QED) is 0.642. The maximum atomic E-state index is 11.9. The van der Waals surface area contributed by atoms with Gasteiger partial charge in [-0.25, -0.2) is 0 Å².